The summed E-state index contributed by atoms with van der Waals surface area (Å²) in [5, 5.41) is 0.800. The first kappa shape index (κ1) is 9.03. The third-order valence-corrected chi connectivity index (χ3v) is 2.74. The van der Waals surface area contributed by atoms with Gasteiger partial charge < -0.3 is 4.57 Å². The van der Waals surface area contributed by atoms with E-state index < -0.39 is 12.0 Å². The van der Waals surface area contributed by atoms with E-state index in [1.165, 1.54) is 10.8 Å². The van der Waals surface area contributed by atoms with Crippen LogP contribution in [0.15, 0.2) is 18.5 Å². The molecule has 15 heavy (non-hydrogen) atoms. The second-order valence-corrected chi connectivity index (χ2v) is 3.96. The number of rotatable bonds is 1. The van der Waals surface area contributed by atoms with Crippen LogP contribution in [0, 0.1) is 0 Å². The summed E-state index contributed by atoms with van der Waals surface area (Å²) in [5.74, 6) is -2.61. The van der Waals surface area contributed by atoms with E-state index >= 15 is 0 Å². The Morgan fingerprint density at radius 3 is 2.93 bits per heavy atom. The Labute approximate surface area is 88.7 Å². The highest BCUT2D eigenvalue weighted by molar-refractivity contribution is 6.28. The van der Waals surface area contributed by atoms with Crippen molar-refractivity contribution in [3.63, 3.8) is 0 Å². The van der Waals surface area contributed by atoms with E-state index in [1.54, 1.807) is 12.3 Å². The maximum atomic E-state index is 12.9. The van der Waals surface area contributed by atoms with Crippen molar-refractivity contribution >= 4 is 22.6 Å². The monoisotopic (exact) mass is 229 g/mol. The molecule has 1 unspecified atom stereocenters. The summed E-state index contributed by atoms with van der Waals surface area (Å²) in [6.45, 7) is 0. The molecule has 1 atom stereocenters. The van der Waals surface area contributed by atoms with Crippen molar-refractivity contribution in [3.05, 3.63) is 23.7 Å². The number of aromatic nitrogens is 3. The minimum Gasteiger partial charge on any atom is -0.323 e. The first-order chi connectivity index (χ1) is 7.08. The predicted octanol–water partition coefficient (Wildman–Crippen LogP) is 2.66. The molecule has 78 valence electrons. The maximum Gasteiger partial charge on any atom is 0.270 e. The van der Waals surface area contributed by atoms with Gasteiger partial charge in [0.1, 0.15) is 11.7 Å². The Morgan fingerprint density at radius 2 is 2.27 bits per heavy atom. The van der Waals surface area contributed by atoms with Crippen LogP contribution >= 0.6 is 11.6 Å². The van der Waals surface area contributed by atoms with E-state index in [1.807, 2.05) is 0 Å². The lowest BCUT2D eigenvalue weighted by atomic mass is 10.4. The zero-order valence-corrected chi connectivity index (χ0v) is 8.25. The van der Waals surface area contributed by atoms with Gasteiger partial charge in [0.25, 0.3) is 5.92 Å². The van der Waals surface area contributed by atoms with Crippen LogP contribution in [0.5, 0.6) is 0 Å². The largest absolute Gasteiger partial charge is 0.323 e. The van der Waals surface area contributed by atoms with Gasteiger partial charge in [-0.25, -0.2) is 13.8 Å². The summed E-state index contributed by atoms with van der Waals surface area (Å²) >= 11 is 5.62. The summed E-state index contributed by atoms with van der Waals surface area (Å²) in [7, 11) is 0. The van der Waals surface area contributed by atoms with Gasteiger partial charge in [0, 0.05) is 24.2 Å². The van der Waals surface area contributed by atoms with Crippen LogP contribution < -0.4 is 0 Å². The molecule has 0 aliphatic heterocycles. The highest BCUT2D eigenvalue weighted by Gasteiger charge is 2.58. The molecular formula is C9H6ClF2N3. The van der Waals surface area contributed by atoms with Crippen molar-refractivity contribution in [2.24, 2.45) is 0 Å². The van der Waals surface area contributed by atoms with Gasteiger partial charge in [0.15, 0.2) is 0 Å². The first-order valence-electron chi connectivity index (χ1n) is 4.45. The molecule has 0 saturated heterocycles. The van der Waals surface area contributed by atoms with Gasteiger partial charge in [-0.3, -0.25) is 0 Å². The highest BCUT2D eigenvalue weighted by atomic mass is 35.5. The smallest absolute Gasteiger partial charge is 0.270 e. The normalized spacial score (nSPS) is 23.3. The van der Waals surface area contributed by atoms with E-state index in [-0.39, 0.29) is 11.7 Å². The fraction of sp³-hybridized carbons (Fsp3) is 0.333. The Kier molecular flexibility index (Phi) is 1.60. The molecule has 0 bridgehead atoms. The van der Waals surface area contributed by atoms with E-state index in [9.17, 15) is 8.78 Å². The number of hydrogen-bond donors (Lipinski definition) is 0. The lowest BCUT2D eigenvalue weighted by molar-refractivity contribution is 0.101. The van der Waals surface area contributed by atoms with Crippen molar-refractivity contribution in [1.29, 1.82) is 0 Å². The zero-order valence-electron chi connectivity index (χ0n) is 7.49. The Morgan fingerprint density at radius 1 is 1.53 bits per heavy atom. The summed E-state index contributed by atoms with van der Waals surface area (Å²) < 4.78 is 27.2. The molecule has 3 nitrogen and oxygen atoms in total. The summed E-state index contributed by atoms with van der Waals surface area (Å²) in [4.78, 5) is 7.74. The number of alkyl halides is 2. The van der Waals surface area contributed by atoms with Crippen LogP contribution in [-0.4, -0.2) is 20.5 Å². The van der Waals surface area contributed by atoms with Crippen molar-refractivity contribution < 1.29 is 8.78 Å². The van der Waals surface area contributed by atoms with E-state index in [0.717, 1.165) is 5.39 Å². The molecule has 0 N–H and O–H groups in total. The van der Waals surface area contributed by atoms with Gasteiger partial charge in [-0.2, -0.15) is 4.98 Å². The summed E-state index contributed by atoms with van der Waals surface area (Å²) in [6.07, 6.45) is 3.00. The molecule has 0 spiro atoms. The Bertz CT molecular complexity index is 537. The van der Waals surface area contributed by atoms with Crippen molar-refractivity contribution in [1.82, 2.24) is 14.5 Å². The van der Waals surface area contributed by atoms with Gasteiger partial charge in [-0.1, -0.05) is 0 Å². The summed E-state index contributed by atoms with van der Waals surface area (Å²) in [6, 6.07) is 0.932. The quantitative estimate of drug-likeness (QED) is 0.704. The maximum absolute atomic E-state index is 12.9. The third-order valence-electron chi connectivity index (χ3n) is 2.55. The number of nitrogens with zero attached hydrogens (tertiary/aromatic N) is 3. The Balaban J connectivity index is 2.16. The molecule has 1 fully saturated rings. The fourth-order valence-electron chi connectivity index (χ4n) is 1.67. The van der Waals surface area contributed by atoms with Gasteiger partial charge in [0.05, 0.1) is 0 Å². The van der Waals surface area contributed by atoms with Gasteiger partial charge in [0.2, 0.25) is 5.28 Å². The standard InChI is InChI=1S/C9H6ClF2N3/c10-8-13-4-5-1-2-15(7(5)14-8)6-3-9(6,11)12/h1-2,4,6H,3H2. The SMILES string of the molecule is FC1(F)CC1n1ccc2cnc(Cl)nc21. The second-order valence-electron chi connectivity index (χ2n) is 3.62. The molecule has 2 heterocycles. The molecule has 6 heteroatoms. The average Bonchev–Trinajstić information content (AvgIpc) is 2.64. The van der Waals surface area contributed by atoms with Crippen LogP contribution in [0.25, 0.3) is 11.0 Å². The average molecular weight is 230 g/mol. The third kappa shape index (κ3) is 1.30. The lowest BCUT2D eigenvalue weighted by Gasteiger charge is -2.02. The predicted molar refractivity (Wildman–Crippen MR) is 51.1 cm³/mol. The summed E-state index contributed by atoms with van der Waals surface area (Å²) in [5.41, 5.74) is 0.470. The molecule has 3 rings (SSSR count). The zero-order chi connectivity index (χ0) is 10.6. The Hall–Kier alpha value is -1.23. The van der Waals surface area contributed by atoms with Crippen molar-refractivity contribution in [2.45, 2.75) is 18.4 Å². The van der Waals surface area contributed by atoms with Crippen molar-refractivity contribution in [2.75, 3.05) is 0 Å². The molecular weight excluding hydrogens is 224 g/mol. The molecule has 2 aromatic heterocycles. The minimum absolute atomic E-state index is 0.0754. The molecule has 1 aliphatic rings. The van der Waals surface area contributed by atoms with E-state index in [4.69, 9.17) is 11.6 Å². The molecule has 1 saturated carbocycles. The van der Waals surface area contributed by atoms with Crippen LogP contribution in [0.4, 0.5) is 8.78 Å². The highest BCUT2D eigenvalue weighted by Crippen LogP contribution is 2.53. The van der Waals surface area contributed by atoms with Crippen LogP contribution in [0.1, 0.15) is 12.5 Å². The number of fused-ring (bicyclic) bond motifs is 1. The van der Waals surface area contributed by atoms with E-state index in [2.05, 4.69) is 9.97 Å². The number of halogens is 3. The molecule has 0 radical (unpaired) electrons. The molecule has 2 aromatic rings. The van der Waals surface area contributed by atoms with Crippen LogP contribution in [-0.2, 0) is 0 Å². The topological polar surface area (TPSA) is 30.7 Å². The lowest BCUT2D eigenvalue weighted by Crippen LogP contribution is -2.02. The van der Waals surface area contributed by atoms with E-state index in [0.29, 0.717) is 5.65 Å². The minimum atomic E-state index is -2.61. The van der Waals surface area contributed by atoms with Gasteiger partial charge in [-0.05, 0) is 17.7 Å². The molecule has 0 amide bonds. The van der Waals surface area contributed by atoms with Crippen LogP contribution in [0.2, 0.25) is 5.28 Å². The van der Waals surface area contributed by atoms with Gasteiger partial charge in [-0.15, -0.1) is 0 Å². The van der Waals surface area contributed by atoms with Crippen LogP contribution in [0.3, 0.4) is 0 Å². The molecule has 1 aliphatic carbocycles. The first-order valence-corrected chi connectivity index (χ1v) is 4.83. The fourth-order valence-corrected chi connectivity index (χ4v) is 1.80. The van der Waals surface area contributed by atoms with Crippen molar-refractivity contribution in [3.8, 4) is 0 Å². The van der Waals surface area contributed by atoms with Gasteiger partial charge >= 0.3 is 0 Å². The second kappa shape index (κ2) is 2.66. The molecule has 0 aromatic carbocycles. The number of hydrogen-bond acceptors (Lipinski definition) is 2.